The third-order valence-electron chi connectivity index (χ3n) is 4.16. The summed E-state index contributed by atoms with van der Waals surface area (Å²) in [5.41, 5.74) is -0.482. The number of piperazine rings is 1. The first-order valence-electron chi connectivity index (χ1n) is 7.65. The van der Waals surface area contributed by atoms with Crippen LogP contribution in [0.5, 0.6) is 0 Å². The molecule has 0 bridgehead atoms. The van der Waals surface area contributed by atoms with Crippen molar-refractivity contribution >= 4 is 27.5 Å². The average molecular weight is 384 g/mol. The molecule has 1 aromatic carbocycles. The number of hydrogen-bond donors (Lipinski definition) is 1. The van der Waals surface area contributed by atoms with Gasteiger partial charge < -0.3 is 4.90 Å². The maximum atomic E-state index is 13.0. The largest absolute Gasteiger partial charge is 0.334 e. The van der Waals surface area contributed by atoms with Crippen LogP contribution in [0, 0.1) is 0 Å². The van der Waals surface area contributed by atoms with Crippen LogP contribution >= 0.6 is 11.6 Å². The molecule has 1 amide bonds. The monoisotopic (exact) mass is 383 g/mol. The number of nitrogens with one attached hydrogen (secondary N) is 1. The molecule has 2 aromatic rings. The zero-order valence-electron chi connectivity index (χ0n) is 13.8. The van der Waals surface area contributed by atoms with E-state index in [0.29, 0.717) is 5.02 Å². The van der Waals surface area contributed by atoms with Gasteiger partial charge in [0, 0.05) is 30.2 Å². The summed E-state index contributed by atoms with van der Waals surface area (Å²) in [5.74, 6) is -0.249. The molecule has 1 aromatic heterocycles. The molecule has 10 heteroatoms. The van der Waals surface area contributed by atoms with Crippen molar-refractivity contribution < 1.29 is 13.2 Å². The highest BCUT2D eigenvalue weighted by atomic mass is 35.5. The van der Waals surface area contributed by atoms with Crippen LogP contribution in [0.4, 0.5) is 0 Å². The number of sulfonamides is 1. The van der Waals surface area contributed by atoms with Crippen LogP contribution in [0.15, 0.2) is 35.4 Å². The van der Waals surface area contributed by atoms with E-state index in [9.17, 15) is 13.2 Å². The Hall–Kier alpha value is -1.97. The van der Waals surface area contributed by atoms with Crippen molar-refractivity contribution in [1.82, 2.24) is 24.6 Å². The molecule has 1 saturated heterocycles. The normalized spacial score (nSPS) is 18.3. The predicted octanol–water partition coefficient (Wildman–Crippen LogP) is 1.38. The van der Waals surface area contributed by atoms with E-state index in [0.717, 1.165) is 0 Å². The Labute approximate surface area is 150 Å². The van der Waals surface area contributed by atoms with E-state index in [2.05, 4.69) is 15.4 Å². The fourth-order valence-corrected chi connectivity index (χ4v) is 4.85. The van der Waals surface area contributed by atoms with Gasteiger partial charge in [-0.1, -0.05) is 16.8 Å². The van der Waals surface area contributed by atoms with Gasteiger partial charge in [0.1, 0.15) is 5.69 Å². The minimum Gasteiger partial charge on any atom is -0.334 e. The summed E-state index contributed by atoms with van der Waals surface area (Å²) >= 11 is 5.84. The van der Waals surface area contributed by atoms with E-state index < -0.39 is 15.6 Å². The number of nitrogens with zero attached hydrogens (tertiary/aromatic N) is 4. The van der Waals surface area contributed by atoms with Crippen molar-refractivity contribution in [2.24, 2.45) is 0 Å². The van der Waals surface area contributed by atoms with Gasteiger partial charge in [-0.05, 0) is 38.1 Å². The molecular formula is C15H18ClN5O3S. The van der Waals surface area contributed by atoms with Gasteiger partial charge in [-0.25, -0.2) is 8.42 Å². The van der Waals surface area contributed by atoms with Crippen LogP contribution < -0.4 is 0 Å². The van der Waals surface area contributed by atoms with Crippen LogP contribution in [0.2, 0.25) is 5.02 Å². The SMILES string of the molecule is CC1(C)CN(C(=O)c2cnn[nH]2)CCN1S(=O)(=O)c1ccc(Cl)cc1. The third-order valence-corrected chi connectivity index (χ3v) is 6.54. The van der Waals surface area contributed by atoms with Crippen LogP contribution in [0.25, 0.3) is 0 Å². The molecule has 0 spiro atoms. The first-order chi connectivity index (χ1) is 11.7. The van der Waals surface area contributed by atoms with Gasteiger partial charge >= 0.3 is 0 Å². The zero-order valence-corrected chi connectivity index (χ0v) is 15.4. The lowest BCUT2D eigenvalue weighted by Gasteiger charge is -2.45. The Bertz CT molecular complexity index is 865. The number of carbonyl (C=O) groups excluding carboxylic acids is 1. The average Bonchev–Trinajstić information content (AvgIpc) is 3.07. The quantitative estimate of drug-likeness (QED) is 0.863. The molecule has 0 saturated carbocycles. The molecule has 1 N–H and O–H groups in total. The van der Waals surface area contributed by atoms with Gasteiger partial charge in [-0.15, -0.1) is 5.10 Å². The van der Waals surface area contributed by atoms with Crippen LogP contribution in [0.1, 0.15) is 24.3 Å². The number of aromatic nitrogens is 3. The lowest BCUT2D eigenvalue weighted by atomic mass is 10.0. The number of amides is 1. The summed E-state index contributed by atoms with van der Waals surface area (Å²) in [6.45, 7) is 4.34. The minimum atomic E-state index is -3.69. The maximum Gasteiger partial charge on any atom is 0.273 e. The molecule has 8 nitrogen and oxygen atoms in total. The number of carbonyl (C=O) groups is 1. The Morgan fingerprint density at radius 2 is 1.92 bits per heavy atom. The Balaban J connectivity index is 1.83. The van der Waals surface area contributed by atoms with Crippen LogP contribution in [-0.4, -0.2) is 64.1 Å². The lowest BCUT2D eigenvalue weighted by molar-refractivity contribution is 0.0489. The van der Waals surface area contributed by atoms with E-state index in [-0.39, 0.29) is 36.1 Å². The van der Waals surface area contributed by atoms with Crippen molar-refractivity contribution in [1.29, 1.82) is 0 Å². The highest BCUT2D eigenvalue weighted by Crippen LogP contribution is 2.29. The summed E-state index contributed by atoms with van der Waals surface area (Å²) in [4.78, 5) is 14.2. The van der Waals surface area contributed by atoms with Gasteiger partial charge in [0.25, 0.3) is 5.91 Å². The summed E-state index contributed by atoms with van der Waals surface area (Å²) in [6, 6.07) is 6.07. The number of aromatic amines is 1. The molecular weight excluding hydrogens is 366 g/mol. The number of benzene rings is 1. The molecule has 3 rings (SSSR count). The molecule has 0 unspecified atom stereocenters. The fraction of sp³-hybridized carbons (Fsp3) is 0.400. The Morgan fingerprint density at radius 1 is 1.24 bits per heavy atom. The highest BCUT2D eigenvalue weighted by molar-refractivity contribution is 7.89. The minimum absolute atomic E-state index is 0.183. The van der Waals surface area contributed by atoms with Gasteiger partial charge in [0.2, 0.25) is 10.0 Å². The Kier molecular flexibility index (Phi) is 4.56. The maximum absolute atomic E-state index is 13.0. The van der Waals surface area contributed by atoms with Gasteiger partial charge in [0.15, 0.2) is 0 Å². The molecule has 1 aliphatic rings. The van der Waals surface area contributed by atoms with Crippen molar-refractivity contribution in [2.75, 3.05) is 19.6 Å². The number of rotatable bonds is 3. The first kappa shape index (κ1) is 17.8. The zero-order chi connectivity index (χ0) is 18.2. The van der Waals surface area contributed by atoms with E-state index >= 15 is 0 Å². The number of hydrogen-bond acceptors (Lipinski definition) is 5. The summed E-state index contributed by atoms with van der Waals surface area (Å²) in [6.07, 6.45) is 1.35. The van der Waals surface area contributed by atoms with Crippen molar-refractivity contribution in [3.8, 4) is 0 Å². The van der Waals surface area contributed by atoms with Gasteiger partial charge in [-0.3, -0.25) is 9.89 Å². The standard InChI is InChI=1S/C15H18ClN5O3S/c1-15(2)10-20(14(22)13-9-17-19-18-13)7-8-21(15)25(23,24)12-5-3-11(16)4-6-12/h3-6,9H,7-8,10H2,1-2H3,(H,17,18,19). The molecule has 1 aliphatic heterocycles. The van der Waals surface area contributed by atoms with Crippen molar-refractivity contribution in [3.63, 3.8) is 0 Å². The van der Waals surface area contributed by atoms with Crippen LogP contribution in [-0.2, 0) is 10.0 Å². The van der Waals surface area contributed by atoms with E-state index in [1.54, 1.807) is 30.9 Å². The predicted molar refractivity (Wildman–Crippen MR) is 91.7 cm³/mol. The summed E-state index contributed by atoms with van der Waals surface area (Å²) in [5, 5.41) is 10.2. The topological polar surface area (TPSA) is 99.3 Å². The molecule has 0 atom stereocenters. The molecule has 1 fully saturated rings. The Morgan fingerprint density at radius 3 is 2.48 bits per heavy atom. The number of H-pyrrole nitrogens is 1. The molecule has 2 heterocycles. The molecule has 0 radical (unpaired) electrons. The van der Waals surface area contributed by atoms with E-state index in [1.165, 1.54) is 22.6 Å². The second kappa shape index (κ2) is 6.40. The van der Waals surface area contributed by atoms with Crippen molar-refractivity contribution in [2.45, 2.75) is 24.3 Å². The summed E-state index contributed by atoms with van der Waals surface area (Å²) < 4.78 is 27.4. The first-order valence-corrected chi connectivity index (χ1v) is 9.47. The third kappa shape index (κ3) is 3.39. The smallest absolute Gasteiger partial charge is 0.273 e. The lowest BCUT2D eigenvalue weighted by Crippen LogP contribution is -2.61. The molecule has 0 aliphatic carbocycles. The van der Waals surface area contributed by atoms with Crippen LogP contribution in [0.3, 0.4) is 0 Å². The van der Waals surface area contributed by atoms with Gasteiger partial charge in [0.05, 0.1) is 11.1 Å². The van der Waals surface area contributed by atoms with E-state index in [4.69, 9.17) is 11.6 Å². The number of halogens is 1. The molecule has 25 heavy (non-hydrogen) atoms. The molecule has 134 valence electrons. The second-order valence-electron chi connectivity index (χ2n) is 6.44. The van der Waals surface area contributed by atoms with Gasteiger partial charge in [-0.2, -0.15) is 4.31 Å². The second-order valence-corrected chi connectivity index (χ2v) is 8.74. The van der Waals surface area contributed by atoms with E-state index in [1.807, 2.05) is 0 Å². The highest BCUT2D eigenvalue weighted by Gasteiger charge is 2.43. The fourth-order valence-electron chi connectivity index (χ4n) is 2.96. The summed E-state index contributed by atoms with van der Waals surface area (Å²) in [7, 11) is -3.69. The van der Waals surface area contributed by atoms with Crippen molar-refractivity contribution in [3.05, 3.63) is 41.2 Å².